The third-order valence-electron chi connectivity index (χ3n) is 15.5. The Morgan fingerprint density at radius 2 is 0.656 bits per heavy atom. The van der Waals surface area contributed by atoms with Crippen molar-refractivity contribution in [2.45, 2.75) is 116 Å². The molecule has 0 aliphatic heterocycles. The summed E-state index contributed by atoms with van der Waals surface area (Å²) in [6.07, 6.45) is 0. The maximum atomic E-state index is 11.8. The van der Waals surface area contributed by atoms with Crippen LogP contribution in [0.5, 0.6) is 51.7 Å². The topological polar surface area (TPSA) is 473 Å². The van der Waals surface area contributed by atoms with Crippen molar-refractivity contribution in [1.29, 1.82) is 0 Å². The molecule has 0 saturated heterocycles. The zero-order chi connectivity index (χ0) is 96.2. The van der Waals surface area contributed by atoms with Crippen LogP contribution >= 0.6 is 11.6 Å². The fourth-order valence-corrected chi connectivity index (χ4v) is 9.60. The number of phenols is 5. The van der Waals surface area contributed by atoms with E-state index in [1.807, 2.05) is 118 Å². The van der Waals surface area contributed by atoms with E-state index in [-0.39, 0.29) is 88.4 Å². The number of benzene rings is 9. The summed E-state index contributed by atoms with van der Waals surface area (Å²) in [4.78, 5) is 130. The molecule has 0 aliphatic carbocycles. The number of aromatic hydroxyl groups is 5. The number of carboxylic acid groups (broad SMARTS) is 1. The molecule has 0 bridgehead atoms. The Balaban J connectivity index is 0. The summed E-state index contributed by atoms with van der Waals surface area (Å²) in [5, 5.41) is 54.9. The van der Waals surface area contributed by atoms with Crippen molar-refractivity contribution in [2.24, 2.45) is 0 Å². The standard InChI is InChI=1S/C19H20O3.C18H18O4.C18H18O3.2C10H10O5.C8H8O4.C4H6O3.C2H3ClO.CHF3O3S.2CH4/c1-13(2)16-11-17(19(20)21-4)14(3)10-18(16)22-12-15-8-6-5-7-9-15;1-12-9-17(22-11-14-7-5-4-6-8-14)16(13(2)19)10-15(12)18(20)21-3;1-12(2)15-10-16(18(19)20)13(3)9-17(15)21-11-14-7-5-4-6-8-14;1-5(11)6-3-7(10(14)15-2)9(13)4-8(6)12;1-6(11)15-7-3-4-8(9(12)5-7)10(13)14-2;1-12-8(11)6-3-2-5(9)4-7(6)10;1-3(5)7-4(2)6;1-2(3)4;2-1(3,4)8(5,6)7;;/h5-11H,1,12H2,2-4H3;4-10H,11H2,1-3H3;4-10H,1,11H2,2-3H3,(H,19,20);3-4,12-13H,1-2H3;3-5,12H,1-2H3;2-4,9-10H,1H3;1-2H3;1H3;(H,5,6,7);2*1H4. The molecule has 0 atom stereocenters. The summed E-state index contributed by atoms with van der Waals surface area (Å²) in [7, 11) is 0.433. The Labute approximate surface area is 743 Å². The Morgan fingerprint density at radius 3 is 0.945 bits per heavy atom. The van der Waals surface area contributed by atoms with Gasteiger partial charge in [-0.3, -0.25) is 33.3 Å². The van der Waals surface area contributed by atoms with Crippen molar-refractivity contribution in [1.82, 2.24) is 0 Å². The first-order valence-corrected chi connectivity index (χ1v) is 38.0. The highest BCUT2D eigenvalue weighted by molar-refractivity contribution is 7.86. The number of aromatic carboxylic acids is 1. The maximum Gasteiger partial charge on any atom is 0.522 e. The number of esters is 8. The molecule has 0 fully saturated rings. The van der Waals surface area contributed by atoms with E-state index in [9.17, 15) is 91.1 Å². The number of Topliss-reactive ketones (excluding diaryl/α,β-unsaturated/α-hetero) is 2. The molecular weight excluding hydrogens is 1730 g/mol. The highest BCUT2D eigenvalue weighted by atomic mass is 35.5. The molecule has 7 N–H and O–H groups in total. The molecule has 0 aromatic heterocycles. The first-order valence-electron chi connectivity index (χ1n) is 36.2. The fourth-order valence-electron chi connectivity index (χ4n) is 9.60. The fraction of sp³-hybridized carbons (Fsp3) is 0.239. The van der Waals surface area contributed by atoms with Crippen molar-refractivity contribution >= 4 is 103 Å². The van der Waals surface area contributed by atoms with Gasteiger partial charge in [-0.1, -0.05) is 119 Å². The molecule has 9 aromatic carbocycles. The Bertz CT molecular complexity index is 5320. The van der Waals surface area contributed by atoms with Gasteiger partial charge in [0.15, 0.2) is 11.6 Å². The molecule has 0 unspecified atom stereocenters. The number of ether oxygens (including phenoxy) is 10. The number of hydrogen-bond donors (Lipinski definition) is 7. The Hall–Kier alpha value is -14.7. The Kier molecular flexibility index (Phi) is 51.3. The third-order valence-corrected chi connectivity index (χ3v) is 16.1. The molecule has 31 nitrogen and oxygen atoms in total. The average molecular weight is 1830 g/mol. The maximum absolute atomic E-state index is 11.8. The number of carbonyl (C=O) groups excluding carboxylic acids is 11. The summed E-state index contributed by atoms with van der Waals surface area (Å²) in [5.41, 5.74) is 4.43. The van der Waals surface area contributed by atoms with Crippen molar-refractivity contribution in [3.8, 4) is 51.7 Å². The highest BCUT2D eigenvalue weighted by Gasteiger charge is 2.44. The normalized spacial score (nSPS) is 9.79. The van der Waals surface area contributed by atoms with Gasteiger partial charge in [-0.15, -0.1) is 0 Å². The monoisotopic (exact) mass is 1830 g/mol. The van der Waals surface area contributed by atoms with Crippen LogP contribution in [0.3, 0.4) is 0 Å². The minimum Gasteiger partial charge on any atom is -0.508 e. The van der Waals surface area contributed by atoms with Crippen LogP contribution < -0.4 is 18.9 Å². The molecule has 0 radical (unpaired) electrons. The first kappa shape index (κ1) is 115. The Morgan fingerprint density at radius 1 is 0.375 bits per heavy atom. The summed E-state index contributed by atoms with van der Waals surface area (Å²) < 4.78 is 107. The summed E-state index contributed by atoms with van der Waals surface area (Å²) in [5.74, 6) is -5.44. The van der Waals surface area contributed by atoms with Crippen LogP contribution in [-0.2, 0) is 77.5 Å². The molecule has 9 aromatic rings. The van der Waals surface area contributed by atoms with Crippen molar-refractivity contribution in [3.05, 3.63) is 278 Å². The number of ketones is 2. The van der Waals surface area contributed by atoms with E-state index in [4.69, 9.17) is 51.6 Å². The van der Waals surface area contributed by atoms with Gasteiger partial charge in [0.05, 0.1) is 63.4 Å². The van der Waals surface area contributed by atoms with Crippen molar-refractivity contribution in [2.75, 3.05) is 35.5 Å². The number of rotatable bonds is 20. The van der Waals surface area contributed by atoms with Crippen LogP contribution in [-0.4, -0.2) is 155 Å². The predicted molar refractivity (Wildman–Crippen MR) is 468 cm³/mol. The molecule has 0 saturated carbocycles. The summed E-state index contributed by atoms with van der Waals surface area (Å²) in [6, 6.07) is 49.3. The third kappa shape index (κ3) is 41.2. The smallest absolute Gasteiger partial charge is 0.508 e. The lowest BCUT2D eigenvalue weighted by Crippen LogP contribution is -2.21. The van der Waals surface area contributed by atoms with Gasteiger partial charge in [-0.25, -0.2) is 28.8 Å². The SMILES string of the molecule is C.C.C=C(C)c1cc(C(=O)O)c(C)cc1OCc1ccccc1.C=C(C)c1cc(C(=O)OC)c(C)cc1OCc1ccccc1.CC(=O)Cl.CC(=O)OC(C)=O.COC(=O)c1cc(C(C)=O)c(O)cc1O.COC(=O)c1cc(C(C)=O)c(OCc2ccccc2)cc1C.COC(=O)c1ccc(O)cc1O.COC(=O)c1ccc(OC(C)=O)cc1O.O=S(=O)(O)C(F)(F)F. The van der Waals surface area contributed by atoms with Gasteiger partial charge in [-0.05, 0) is 171 Å². The number of carboxylic acids is 1. The van der Waals surface area contributed by atoms with Crippen molar-refractivity contribution in [3.63, 3.8) is 0 Å². The molecule has 690 valence electrons. The van der Waals surface area contributed by atoms with E-state index in [0.29, 0.717) is 59.1 Å². The second-order valence-corrected chi connectivity index (χ2v) is 27.5. The number of methoxy groups -OCH3 is 5. The highest BCUT2D eigenvalue weighted by Crippen LogP contribution is 2.34. The van der Waals surface area contributed by atoms with Gasteiger partial charge < -0.3 is 78.0 Å². The zero-order valence-corrected chi connectivity index (χ0v) is 72.7. The van der Waals surface area contributed by atoms with Gasteiger partial charge in [0.2, 0.25) is 5.24 Å². The van der Waals surface area contributed by atoms with Gasteiger partial charge >= 0.3 is 69.4 Å². The summed E-state index contributed by atoms with van der Waals surface area (Å²) >= 11 is 4.64. The number of halogens is 4. The minimum atomic E-state index is -5.84. The predicted octanol–water partition coefficient (Wildman–Crippen LogP) is 17.9. The molecule has 9 rings (SSSR count). The van der Waals surface area contributed by atoms with E-state index in [1.54, 1.807) is 38.1 Å². The number of hydrogen-bond acceptors (Lipinski definition) is 29. The van der Waals surface area contributed by atoms with Crippen LogP contribution in [0.1, 0.15) is 198 Å². The number of carbonyl (C=O) groups is 12. The number of aryl methyl sites for hydroxylation is 3. The molecule has 0 amide bonds. The molecule has 128 heavy (non-hydrogen) atoms. The molecular formula is C92H102ClF3O31S. The second-order valence-electron chi connectivity index (χ2n) is 25.6. The lowest BCUT2D eigenvalue weighted by Gasteiger charge is -2.15. The van der Waals surface area contributed by atoms with E-state index in [1.165, 1.54) is 106 Å². The van der Waals surface area contributed by atoms with Crippen molar-refractivity contribution < 1.29 is 162 Å². The number of phenolic OH excluding ortho intramolecular Hbond substituents is 5. The average Bonchev–Trinajstić information content (AvgIpc) is 0.817. The van der Waals surface area contributed by atoms with E-state index in [0.717, 1.165) is 75.6 Å². The minimum absolute atomic E-state index is 0. The molecule has 36 heteroatoms. The largest absolute Gasteiger partial charge is 0.522 e. The van der Waals surface area contributed by atoms with Crippen LogP contribution in [0.25, 0.3) is 11.1 Å². The zero-order valence-electron chi connectivity index (χ0n) is 71.1. The lowest BCUT2D eigenvalue weighted by atomic mass is 10.00. The van der Waals surface area contributed by atoms with Gasteiger partial charge in [0.1, 0.15) is 88.3 Å². The number of allylic oxidation sites excluding steroid dienone is 2. The van der Waals surface area contributed by atoms with Gasteiger partial charge in [0.25, 0.3) is 0 Å². The van der Waals surface area contributed by atoms with Crippen LogP contribution in [0.2, 0.25) is 0 Å². The molecule has 0 spiro atoms. The second kappa shape index (κ2) is 56.9. The van der Waals surface area contributed by atoms with E-state index < -0.39 is 74.9 Å². The molecule has 0 heterocycles. The molecule has 0 aliphatic rings. The first-order chi connectivity index (χ1) is 58.8. The van der Waals surface area contributed by atoms with E-state index >= 15 is 0 Å². The van der Waals surface area contributed by atoms with Crippen LogP contribution in [0.15, 0.2) is 189 Å². The van der Waals surface area contributed by atoms with Crippen LogP contribution in [0.4, 0.5) is 13.2 Å². The lowest BCUT2D eigenvalue weighted by molar-refractivity contribution is -0.156. The van der Waals surface area contributed by atoms with Gasteiger partial charge in [-0.2, -0.15) is 21.6 Å². The van der Waals surface area contributed by atoms with Gasteiger partial charge in [0, 0.05) is 57.0 Å². The summed E-state index contributed by atoms with van der Waals surface area (Å²) in [6.45, 7) is 25.9. The number of alkyl halides is 3. The quantitative estimate of drug-likeness (QED) is 0.00544. The van der Waals surface area contributed by atoms with E-state index in [2.05, 4.69) is 43.7 Å². The van der Waals surface area contributed by atoms with Crippen LogP contribution in [0, 0.1) is 20.8 Å².